The first-order valence-corrected chi connectivity index (χ1v) is 7.43. The lowest BCUT2D eigenvalue weighted by atomic mass is 9.87. The Morgan fingerprint density at radius 3 is 2.73 bits per heavy atom. The third kappa shape index (κ3) is 2.00. The van der Waals surface area contributed by atoms with E-state index >= 15 is 0 Å². The minimum Gasteiger partial charge on any atom is -0.388 e. The molecule has 3 heterocycles. The number of aliphatic hydroxyl groups excluding tert-OH is 2. The zero-order valence-corrected chi connectivity index (χ0v) is 12.1. The first kappa shape index (κ1) is 13.9. The van der Waals surface area contributed by atoms with Crippen molar-refractivity contribution in [3.05, 3.63) is 12.7 Å². The Hall–Kier alpha value is -1.71. The van der Waals surface area contributed by atoms with Gasteiger partial charge in [-0.05, 0) is 12.8 Å². The molecule has 120 valence electrons. The maximum atomic E-state index is 12.2. The molecule has 1 aliphatic carbocycles. The second-order valence-electron chi connectivity index (χ2n) is 6.47. The fraction of sp³-hybridized carbons (Fsp3) is 0.769. The van der Waals surface area contributed by atoms with Gasteiger partial charge in [-0.1, -0.05) is 0 Å². The zero-order chi connectivity index (χ0) is 15.4. The van der Waals surface area contributed by atoms with E-state index in [1.54, 1.807) is 15.9 Å². The van der Waals surface area contributed by atoms with Gasteiger partial charge in [-0.15, -0.1) is 0 Å². The quantitative estimate of drug-likeness (QED) is 0.612. The van der Waals surface area contributed by atoms with Crippen LogP contribution in [-0.4, -0.2) is 80.0 Å². The summed E-state index contributed by atoms with van der Waals surface area (Å²) in [6, 6.07) is -0.186. The molecule has 2 saturated heterocycles. The number of ether oxygens (including phenoxy) is 1. The second kappa shape index (κ2) is 4.64. The fourth-order valence-electron chi connectivity index (χ4n) is 3.24. The summed E-state index contributed by atoms with van der Waals surface area (Å²) in [5.74, 6) is 0. The van der Waals surface area contributed by atoms with Crippen LogP contribution in [0.15, 0.2) is 12.7 Å². The van der Waals surface area contributed by atoms with Crippen molar-refractivity contribution in [3.63, 3.8) is 0 Å². The minimum atomic E-state index is -0.929. The van der Waals surface area contributed by atoms with Gasteiger partial charge in [-0.25, -0.2) is 14.5 Å². The van der Waals surface area contributed by atoms with Gasteiger partial charge in [0.2, 0.25) is 0 Å². The number of likely N-dealkylation sites (tertiary alicyclic amines) is 1. The standard InChI is InChI=1S/C13H19N5O4/c19-9-3-22-13(10(9)20)5-17(6-13)11(21)15-4-12(1-2-12)18-8-14-7-16-18/h7-10,19-20H,1-6H2,(H,15,21)/t9-,10-/m1/s1. The van der Waals surface area contributed by atoms with E-state index in [0.29, 0.717) is 19.6 Å². The number of urea groups is 1. The average Bonchev–Trinajstić information content (AvgIpc) is 2.92. The molecule has 0 bridgehead atoms. The average molecular weight is 309 g/mol. The largest absolute Gasteiger partial charge is 0.388 e. The van der Waals surface area contributed by atoms with E-state index in [9.17, 15) is 15.0 Å². The van der Waals surface area contributed by atoms with Crippen LogP contribution in [0.3, 0.4) is 0 Å². The van der Waals surface area contributed by atoms with Crippen LogP contribution in [0.25, 0.3) is 0 Å². The minimum absolute atomic E-state index is 0.117. The van der Waals surface area contributed by atoms with Gasteiger partial charge in [0.05, 0.1) is 25.2 Å². The Morgan fingerprint density at radius 1 is 1.41 bits per heavy atom. The van der Waals surface area contributed by atoms with Crippen molar-refractivity contribution >= 4 is 6.03 Å². The van der Waals surface area contributed by atoms with E-state index in [2.05, 4.69) is 15.4 Å². The Labute approximate surface area is 126 Å². The summed E-state index contributed by atoms with van der Waals surface area (Å²) in [6.07, 6.45) is 3.30. The molecule has 3 fully saturated rings. The highest BCUT2D eigenvalue weighted by Gasteiger charge is 2.58. The molecule has 1 spiro atoms. The second-order valence-corrected chi connectivity index (χ2v) is 6.47. The topological polar surface area (TPSA) is 113 Å². The van der Waals surface area contributed by atoms with Gasteiger partial charge in [-0.3, -0.25) is 0 Å². The molecular formula is C13H19N5O4. The molecule has 0 unspecified atom stereocenters. The van der Waals surface area contributed by atoms with Gasteiger partial charge >= 0.3 is 6.03 Å². The number of carbonyl (C=O) groups is 1. The van der Waals surface area contributed by atoms with Gasteiger partial charge in [0.15, 0.2) is 0 Å². The highest BCUT2D eigenvalue weighted by atomic mass is 16.5. The summed E-state index contributed by atoms with van der Waals surface area (Å²) in [6.45, 7) is 1.22. The number of amides is 2. The molecule has 2 atom stereocenters. The van der Waals surface area contributed by atoms with Crippen molar-refractivity contribution in [1.29, 1.82) is 0 Å². The summed E-state index contributed by atoms with van der Waals surface area (Å²) in [4.78, 5) is 17.7. The number of aliphatic hydroxyl groups is 2. The number of nitrogens with zero attached hydrogens (tertiary/aromatic N) is 4. The predicted octanol–water partition coefficient (Wildman–Crippen LogP) is -1.72. The van der Waals surface area contributed by atoms with Crippen molar-refractivity contribution in [1.82, 2.24) is 25.0 Å². The summed E-state index contributed by atoms with van der Waals surface area (Å²) in [7, 11) is 0. The van der Waals surface area contributed by atoms with E-state index in [1.807, 2.05) is 0 Å². The van der Waals surface area contributed by atoms with Crippen molar-refractivity contribution in [2.24, 2.45) is 0 Å². The highest BCUT2D eigenvalue weighted by molar-refractivity contribution is 5.75. The number of aromatic nitrogens is 3. The Balaban J connectivity index is 1.30. The summed E-state index contributed by atoms with van der Waals surface area (Å²) >= 11 is 0. The summed E-state index contributed by atoms with van der Waals surface area (Å²) in [5.41, 5.74) is -0.936. The molecule has 3 aliphatic rings. The third-order valence-corrected chi connectivity index (χ3v) is 4.95. The number of rotatable bonds is 3. The number of nitrogens with one attached hydrogen (secondary N) is 1. The van der Waals surface area contributed by atoms with Crippen LogP contribution < -0.4 is 5.32 Å². The van der Waals surface area contributed by atoms with Gasteiger partial charge < -0.3 is 25.2 Å². The number of hydrogen-bond donors (Lipinski definition) is 3. The first-order valence-electron chi connectivity index (χ1n) is 7.43. The predicted molar refractivity (Wildman–Crippen MR) is 72.9 cm³/mol. The van der Waals surface area contributed by atoms with Gasteiger partial charge in [0.25, 0.3) is 0 Å². The summed E-state index contributed by atoms with van der Waals surface area (Å²) < 4.78 is 7.25. The Morgan fingerprint density at radius 2 is 2.18 bits per heavy atom. The Bertz CT molecular complexity index is 567. The van der Waals surface area contributed by atoms with E-state index in [-0.39, 0.29) is 18.2 Å². The summed E-state index contributed by atoms with van der Waals surface area (Å²) in [5, 5.41) is 26.5. The molecule has 9 nitrogen and oxygen atoms in total. The van der Waals surface area contributed by atoms with Gasteiger partial charge in [-0.2, -0.15) is 5.10 Å². The molecule has 1 aromatic heterocycles. The van der Waals surface area contributed by atoms with Crippen molar-refractivity contribution < 1.29 is 19.7 Å². The van der Waals surface area contributed by atoms with Crippen LogP contribution in [0.4, 0.5) is 4.79 Å². The molecule has 0 radical (unpaired) electrons. The van der Waals surface area contributed by atoms with Crippen molar-refractivity contribution in [2.75, 3.05) is 26.2 Å². The van der Waals surface area contributed by atoms with Crippen LogP contribution in [0.1, 0.15) is 12.8 Å². The van der Waals surface area contributed by atoms with Crippen LogP contribution in [0.2, 0.25) is 0 Å². The first-order chi connectivity index (χ1) is 10.5. The fourth-order valence-corrected chi connectivity index (χ4v) is 3.24. The highest BCUT2D eigenvalue weighted by Crippen LogP contribution is 2.42. The molecule has 1 saturated carbocycles. The molecule has 9 heteroatoms. The van der Waals surface area contributed by atoms with Gasteiger partial charge in [0, 0.05) is 6.54 Å². The molecule has 2 aliphatic heterocycles. The third-order valence-electron chi connectivity index (χ3n) is 4.95. The lowest BCUT2D eigenvalue weighted by molar-refractivity contribution is -0.139. The lowest BCUT2D eigenvalue weighted by Crippen LogP contribution is -2.70. The molecular weight excluding hydrogens is 290 g/mol. The maximum Gasteiger partial charge on any atom is 0.317 e. The molecule has 3 N–H and O–H groups in total. The van der Waals surface area contributed by atoms with Crippen molar-refractivity contribution in [2.45, 2.75) is 36.2 Å². The van der Waals surface area contributed by atoms with E-state index in [1.165, 1.54) is 6.33 Å². The van der Waals surface area contributed by atoms with Gasteiger partial charge in [0.1, 0.15) is 30.5 Å². The Kier molecular flexibility index (Phi) is 2.94. The normalized spacial score (nSPS) is 31.1. The molecule has 1 aromatic rings. The van der Waals surface area contributed by atoms with E-state index in [4.69, 9.17) is 4.74 Å². The molecule has 22 heavy (non-hydrogen) atoms. The van der Waals surface area contributed by atoms with Crippen LogP contribution in [0, 0.1) is 0 Å². The lowest BCUT2D eigenvalue weighted by Gasteiger charge is -2.48. The molecule has 0 aromatic carbocycles. The van der Waals surface area contributed by atoms with Crippen LogP contribution in [0.5, 0.6) is 0 Å². The number of carbonyl (C=O) groups excluding carboxylic acids is 1. The smallest absolute Gasteiger partial charge is 0.317 e. The zero-order valence-electron chi connectivity index (χ0n) is 12.1. The van der Waals surface area contributed by atoms with Crippen LogP contribution >= 0.6 is 0 Å². The maximum absolute atomic E-state index is 12.2. The van der Waals surface area contributed by atoms with E-state index < -0.39 is 17.8 Å². The van der Waals surface area contributed by atoms with Crippen LogP contribution in [-0.2, 0) is 10.3 Å². The monoisotopic (exact) mass is 309 g/mol. The number of hydrogen-bond acceptors (Lipinski definition) is 6. The van der Waals surface area contributed by atoms with Crippen molar-refractivity contribution in [3.8, 4) is 0 Å². The molecule has 4 rings (SSSR count). The van der Waals surface area contributed by atoms with E-state index in [0.717, 1.165) is 12.8 Å². The molecule has 2 amide bonds. The SMILES string of the molecule is O=C(NCC1(n2cncn2)CC1)N1CC2(C1)OC[C@@H](O)[C@H]2O.